The van der Waals surface area contributed by atoms with Crippen molar-refractivity contribution in [1.29, 1.82) is 0 Å². The van der Waals surface area contributed by atoms with Crippen molar-refractivity contribution in [2.24, 2.45) is 0 Å². The Bertz CT molecular complexity index is 972. The Hall–Kier alpha value is -2.99. The number of hydrogen-bond donors (Lipinski definition) is 0. The predicted molar refractivity (Wildman–Crippen MR) is 89.9 cm³/mol. The highest BCUT2D eigenvalue weighted by atomic mass is 35.5. The number of benzene rings is 2. The third-order valence-electron chi connectivity index (χ3n) is 3.46. The predicted octanol–water partition coefficient (Wildman–Crippen LogP) is 4.79. The molecule has 0 aliphatic rings. The van der Waals surface area contributed by atoms with Crippen molar-refractivity contribution in [2.75, 3.05) is 0 Å². The van der Waals surface area contributed by atoms with Gasteiger partial charge in [0.25, 0.3) is 0 Å². The minimum absolute atomic E-state index is 0.0271. The second-order valence-corrected chi connectivity index (χ2v) is 5.45. The molecular weight excluding hydrogens is 332 g/mol. The Kier molecular flexibility index (Phi) is 4.14. The molecule has 3 rings (SSSR count). The zero-order valence-electron chi connectivity index (χ0n) is 12.5. The summed E-state index contributed by atoms with van der Waals surface area (Å²) in [5, 5.41) is 12.5. The van der Waals surface area contributed by atoms with Gasteiger partial charge in [-0.05, 0) is 43.3 Å². The summed E-state index contributed by atoms with van der Waals surface area (Å²) in [7, 11) is 0. The highest BCUT2D eigenvalue weighted by Gasteiger charge is 2.19. The van der Waals surface area contributed by atoms with Gasteiger partial charge in [0.1, 0.15) is 5.52 Å². The summed E-state index contributed by atoms with van der Waals surface area (Å²) < 4.78 is 5.70. The SMILES string of the molecule is CC(=O)c1ccc(Oc2ccc(Cl)c3cccnc23)c([N+](=O)[O-])c1. The number of carbonyl (C=O) groups is 1. The monoisotopic (exact) mass is 342 g/mol. The van der Waals surface area contributed by atoms with E-state index < -0.39 is 4.92 Å². The summed E-state index contributed by atoms with van der Waals surface area (Å²) in [6.45, 7) is 1.34. The lowest BCUT2D eigenvalue weighted by Crippen LogP contribution is -1.98. The van der Waals surface area contributed by atoms with Crippen LogP contribution in [0.25, 0.3) is 10.9 Å². The van der Waals surface area contributed by atoms with E-state index in [0.29, 0.717) is 21.7 Å². The summed E-state index contributed by atoms with van der Waals surface area (Å²) in [6, 6.07) is 10.8. The number of aromatic nitrogens is 1. The van der Waals surface area contributed by atoms with E-state index in [1.165, 1.54) is 25.1 Å². The molecule has 3 aromatic rings. The Morgan fingerprint density at radius 3 is 2.67 bits per heavy atom. The first-order valence-electron chi connectivity index (χ1n) is 6.98. The Morgan fingerprint density at radius 1 is 1.21 bits per heavy atom. The van der Waals surface area contributed by atoms with Gasteiger partial charge in [0.05, 0.1) is 9.95 Å². The minimum Gasteiger partial charge on any atom is -0.448 e. The number of halogens is 1. The maximum Gasteiger partial charge on any atom is 0.312 e. The van der Waals surface area contributed by atoms with Gasteiger partial charge in [-0.15, -0.1) is 0 Å². The third kappa shape index (κ3) is 2.91. The van der Waals surface area contributed by atoms with Gasteiger partial charge in [0.15, 0.2) is 11.5 Å². The summed E-state index contributed by atoms with van der Waals surface area (Å²) in [5.74, 6) is 0.108. The zero-order chi connectivity index (χ0) is 17.3. The van der Waals surface area contributed by atoms with Crippen molar-refractivity contribution >= 4 is 34.0 Å². The second-order valence-electron chi connectivity index (χ2n) is 5.04. The number of ketones is 1. The summed E-state index contributed by atoms with van der Waals surface area (Å²) in [5.41, 5.74) is 0.449. The Morgan fingerprint density at radius 2 is 1.96 bits per heavy atom. The first-order valence-corrected chi connectivity index (χ1v) is 7.35. The van der Waals surface area contributed by atoms with Crippen LogP contribution in [-0.4, -0.2) is 15.7 Å². The average Bonchev–Trinajstić information content (AvgIpc) is 2.57. The molecule has 0 aliphatic carbocycles. The molecule has 7 heteroatoms. The van der Waals surface area contributed by atoms with Crippen molar-refractivity contribution in [3.8, 4) is 11.5 Å². The van der Waals surface area contributed by atoms with E-state index in [2.05, 4.69) is 4.98 Å². The van der Waals surface area contributed by atoms with Crippen LogP contribution in [0.4, 0.5) is 5.69 Å². The smallest absolute Gasteiger partial charge is 0.312 e. The van der Waals surface area contributed by atoms with Crippen molar-refractivity contribution in [3.63, 3.8) is 0 Å². The first kappa shape index (κ1) is 15.9. The summed E-state index contributed by atoms with van der Waals surface area (Å²) >= 11 is 6.13. The number of pyridine rings is 1. The van der Waals surface area contributed by atoms with Crippen LogP contribution in [0, 0.1) is 10.1 Å². The van der Waals surface area contributed by atoms with Crippen LogP contribution in [0.1, 0.15) is 17.3 Å². The van der Waals surface area contributed by atoms with E-state index in [1.807, 2.05) is 0 Å². The lowest BCUT2D eigenvalue weighted by atomic mass is 10.1. The number of fused-ring (bicyclic) bond motifs is 1. The molecule has 1 heterocycles. The largest absolute Gasteiger partial charge is 0.448 e. The molecule has 0 fully saturated rings. The first-order chi connectivity index (χ1) is 11.5. The molecule has 0 amide bonds. The van der Waals surface area contributed by atoms with E-state index in [1.54, 1.807) is 30.5 Å². The molecule has 0 N–H and O–H groups in total. The average molecular weight is 343 g/mol. The van der Waals surface area contributed by atoms with E-state index in [0.717, 1.165) is 0 Å². The van der Waals surface area contributed by atoms with Crippen LogP contribution in [0.3, 0.4) is 0 Å². The zero-order valence-corrected chi connectivity index (χ0v) is 13.3. The van der Waals surface area contributed by atoms with Crippen LogP contribution in [0.15, 0.2) is 48.7 Å². The van der Waals surface area contributed by atoms with Crippen molar-refractivity contribution < 1.29 is 14.5 Å². The topological polar surface area (TPSA) is 82.3 Å². The van der Waals surface area contributed by atoms with Gasteiger partial charge in [-0.1, -0.05) is 11.6 Å². The van der Waals surface area contributed by atoms with Crippen molar-refractivity contribution in [2.45, 2.75) is 6.92 Å². The molecule has 0 aliphatic heterocycles. The number of carbonyl (C=O) groups excluding carboxylic acids is 1. The molecule has 24 heavy (non-hydrogen) atoms. The summed E-state index contributed by atoms with van der Waals surface area (Å²) in [6.07, 6.45) is 1.58. The van der Waals surface area contributed by atoms with Gasteiger partial charge in [-0.2, -0.15) is 0 Å². The van der Waals surface area contributed by atoms with E-state index in [9.17, 15) is 14.9 Å². The molecule has 0 saturated heterocycles. The molecule has 0 radical (unpaired) electrons. The van der Waals surface area contributed by atoms with Crippen LogP contribution in [-0.2, 0) is 0 Å². The fraction of sp³-hybridized carbons (Fsp3) is 0.0588. The van der Waals surface area contributed by atoms with Crippen molar-refractivity contribution in [1.82, 2.24) is 4.98 Å². The number of nitro groups is 1. The molecule has 0 bridgehead atoms. The normalized spacial score (nSPS) is 10.6. The van der Waals surface area contributed by atoms with E-state index in [4.69, 9.17) is 16.3 Å². The number of rotatable bonds is 4. The molecule has 0 unspecified atom stereocenters. The van der Waals surface area contributed by atoms with Gasteiger partial charge in [-0.25, -0.2) is 0 Å². The highest BCUT2D eigenvalue weighted by molar-refractivity contribution is 6.35. The Balaban J connectivity index is 2.11. The van der Waals surface area contributed by atoms with Gasteiger partial charge < -0.3 is 4.74 Å². The van der Waals surface area contributed by atoms with Gasteiger partial charge in [0.2, 0.25) is 5.75 Å². The number of hydrogen-bond acceptors (Lipinski definition) is 5. The van der Waals surface area contributed by atoms with Gasteiger partial charge in [-0.3, -0.25) is 19.9 Å². The second kappa shape index (κ2) is 6.25. The van der Waals surface area contributed by atoms with Crippen LogP contribution in [0.2, 0.25) is 5.02 Å². The molecule has 6 nitrogen and oxygen atoms in total. The standard InChI is InChI=1S/C17H11ClN2O4/c1-10(21)11-4-6-15(14(9-11)20(22)23)24-16-7-5-13(18)12-3-2-8-19-17(12)16/h2-9H,1H3. The molecule has 1 aromatic heterocycles. The fourth-order valence-corrected chi connectivity index (χ4v) is 2.49. The van der Waals surface area contributed by atoms with E-state index in [-0.39, 0.29) is 22.8 Å². The van der Waals surface area contributed by atoms with Gasteiger partial charge in [0, 0.05) is 23.2 Å². The molecule has 0 spiro atoms. The molecule has 0 saturated carbocycles. The lowest BCUT2D eigenvalue weighted by molar-refractivity contribution is -0.385. The molecule has 0 atom stereocenters. The number of nitro benzene ring substituents is 1. The third-order valence-corrected chi connectivity index (χ3v) is 3.79. The highest BCUT2D eigenvalue weighted by Crippen LogP contribution is 2.36. The number of nitrogens with zero attached hydrogens (tertiary/aromatic N) is 2. The molecule has 120 valence electrons. The fourth-order valence-electron chi connectivity index (χ4n) is 2.28. The molecule has 2 aromatic carbocycles. The maximum atomic E-state index is 11.4. The van der Waals surface area contributed by atoms with Gasteiger partial charge >= 0.3 is 5.69 Å². The van der Waals surface area contributed by atoms with Crippen LogP contribution < -0.4 is 4.74 Å². The Labute approximate surface area is 141 Å². The molecular formula is C17H11ClN2O4. The lowest BCUT2D eigenvalue weighted by Gasteiger charge is -2.10. The minimum atomic E-state index is -0.590. The van der Waals surface area contributed by atoms with Crippen molar-refractivity contribution in [3.05, 3.63) is 69.4 Å². The summed E-state index contributed by atoms with van der Waals surface area (Å²) in [4.78, 5) is 26.3. The van der Waals surface area contributed by atoms with Crippen LogP contribution in [0.5, 0.6) is 11.5 Å². The number of Topliss-reactive ketones (excluding diaryl/α,β-unsaturated/α-hetero) is 1. The van der Waals surface area contributed by atoms with E-state index >= 15 is 0 Å². The quantitative estimate of drug-likeness (QED) is 0.386. The maximum absolute atomic E-state index is 11.4. The number of ether oxygens (including phenoxy) is 1. The van der Waals surface area contributed by atoms with Crippen LogP contribution >= 0.6 is 11.6 Å².